The van der Waals surface area contributed by atoms with Gasteiger partial charge in [0.15, 0.2) is 5.96 Å². The fraction of sp³-hybridized carbons (Fsp3) is 0.500. The number of halogens is 2. The number of ether oxygens (including phenoxy) is 1. The molecule has 2 N–H and O–H groups in total. The Kier molecular flexibility index (Phi) is 10.2. The van der Waals surface area contributed by atoms with Gasteiger partial charge in [0, 0.05) is 31.2 Å². The van der Waals surface area contributed by atoms with E-state index in [2.05, 4.69) is 57.5 Å². The highest BCUT2D eigenvalue weighted by Crippen LogP contribution is 2.15. The van der Waals surface area contributed by atoms with Gasteiger partial charge in [0.25, 0.3) is 0 Å². The van der Waals surface area contributed by atoms with Gasteiger partial charge in [-0.25, -0.2) is 0 Å². The van der Waals surface area contributed by atoms with Gasteiger partial charge >= 0.3 is 0 Å². The molecule has 0 aliphatic rings. The molecule has 0 spiro atoms. The number of nitrogens with zero attached hydrogens (tertiary/aromatic N) is 1. The highest BCUT2D eigenvalue weighted by atomic mass is 127. The molecule has 0 heterocycles. The van der Waals surface area contributed by atoms with E-state index in [9.17, 15) is 0 Å². The summed E-state index contributed by atoms with van der Waals surface area (Å²) in [5.74, 6) is 0.784. The first-order valence-electron chi connectivity index (χ1n) is 6.28. The molecule has 20 heavy (non-hydrogen) atoms. The molecular weight excluding hydrogens is 433 g/mol. The lowest BCUT2D eigenvalue weighted by atomic mass is 10.1. The summed E-state index contributed by atoms with van der Waals surface area (Å²) in [6.45, 7) is 5.56. The number of aliphatic imine (C=N–C) groups is 1. The molecule has 1 atom stereocenters. The Hall–Kier alpha value is -0.340. The minimum Gasteiger partial charge on any atom is -0.383 e. The van der Waals surface area contributed by atoms with E-state index in [0.717, 1.165) is 17.0 Å². The maximum Gasteiger partial charge on any atom is 0.191 e. The lowest BCUT2D eigenvalue weighted by molar-refractivity contribution is 0.179. The van der Waals surface area contributed by atoms with E-state index in [1.807, 2.05) is 6.07 Å². The second kappa shape index (κ2) is 10.4. The van der Waals surface area contributed by atoms with Crippen LogP contribution in [0.25, 0.3) is 0 Å². The fourth-order valence-corrected chi connectivity index (χ4v) is 2.23. The Balaban J connectivity index is 0.00000361. The molecule has 0 aliphatic carbocycles. The minimum absolute atomic E-state index is 0. The quantitative estimate of drug-likeness (QED) is 0.407. The van der Waals surface area contributed by atoms with E-state index in [4.69, 9.17) is 4.74 Å². The third kappa shape index (κ3) is 6.90. The molecule has 0 radical (unpaired) electrons. The SMILES string of the molecule is CN=C(NCc1ccc(Br)cc1C)NC(C)COC.I. The molecule has 0 fully saturated rings. The van der Waals surface area contributed by atoms with Crippen LogP contribution in [0.15, 0.2) is 27.7 Å². The number of hydrogen-bond acceptors (Lipinski definition) is 2. The van der Waals surface area contributed by atoms with Crippen molar-refractivity contribution in [3.8, 4) is 0 Å². The minimum atomic E-state index is 0. The third-order valence-electron chi connectivity index (χ3n) is 2.77. The Bertz CT molecular complexity index is 440. The molecule has 4 nitrogen and oxygen atoms in total. The van der Waals surface area contributed by atoms with Crippen LogP contribution < -0.4 is 10.6 Å². The molecule has 0 aromatic heterocycles. The first kappa shape index (κ1) is 19.7. The number of benzene rings is 1. The molecule has 1 rings (SSSR count). The van der Waals surface area contributed by atoms with Gasteiger partial charge in [0.05, 0.1) is 6.61 Å². The molecule has 0 saturated carbocycles. The van der Waals surface area contributed by atoms with Crippen LogP contribution >= 0.6 is 39.9 Å². The van der Waals surface area contributed by atoms with Gasteiger partial charge in [-0.3, -0.25) is 4.99 Å². The normalized spacial score (nSPS) is 12.6. The second-order valence-corrected chi connectivity index (χ2v) is 5.41. The molecule has 1 aromatic carbocycles. The van der Waals surface area contributed by atoms with E-state index >= 15 is 0 Å². The second-order valence-electron chi connectivity index (χ2n) is 4.50. The number of methoxy groups -OCH3 is 1. The summed E-state index contributed by atoms with van der Waals surface area (Å²) in [5, 5.41) is 6.58. The van der Waals surface area contributed by atoms with Crippen LogP contribution in [0.4, 0.5) is 0 Å². The Morgan fingerprint density at radius 3 is 2.70 bits per heavy atom. The number of aryl methyl sites for hydroxylation is 1. The van der Waals surface area contributed by atoms with E-state index in [-0.39, 0.29) is 30.0 Å². The molecule has 114 valence electrons. The predicted octanol–water partition coefficient (Wildman–Crippen LogP) is 3.08. The Labute approximate surface area is 146 Å². The van der Waals surface area contributed by atoms with Gasteiger partial charge in [-0.1, -0.05) is 22.0 Å². The van der Waals surface area contributed by atoms with Gasteiger partial charge in [-0.05, 0) is 37.1 Å². The van der Waals surface area contributed by atoms with Gasteiger partial charge < -0.3 is 15.4 Å². The van der Waals surface area contributed by atoms with Crippen molar-refractivity contribution in [3.05, 3.63) is 33.8 Å². The smallest absolute Gasteiger partial charge is 0.191 e. The van der Waals surface area contributed by atoms with Crippen LogP contribution in [0, 0.1) is 6.92 Å². The van der Waals surface area contributed by atoms with Crippen molar-refractivity contribution in [1.29, 1.82) is 0 Å². The van der Waals surface area contributed by atoms with Crippen molar-refractivity contribution in [1.82, 2.24) is 10.6 Å². The van der Waals surface area contributed by atoms with Crippen LogP contribution in [0.2, 0.25) is 0 Å². The van der Waals surface area contributed by atoms with Gasteiger partial charge in [0.1, 0.15) is 0 Å². The zero-order valence-corrected chi connectivity index (χ0v) is 16.3. The molecular formula is C14H23BrIN3O. The monoisotopic (exact) mass is 455 g/mol. The van der Waals surface area contributed by atoms with E-state index in [1.165, 1.54) is 11.1 Å². The van der Waals surface area contributed by atoms with Gasteiger partial charge in [0.2, 0.25) is 0 Å². The van der Waals surface area contributed by atoms with E-state index in [0.29, 0.717) is 6.61 Å². The van der Waals surface area contributed by atoms with Crippen molar-refractivity contribution in [2.75, 3.05) is 20.8 Å². The predicted molar refractivity (Wildman–Crippen MR) is 99.0 cm³/mol. The van der Waals surface area contributed by atoms with Gasteiger partial charge in [-0.15, -0.1) is 24.0 Å². The number of nitrogens with one attached hydrogen (secondary N) is 2. The maximum absolute atomic E-state index is 5.09. The van der Waals surface area contributed by atoms with E-state index < -0.39 is 0 Å². The number of rotatable bonds is 5. The van der Waals surface area contributed by atoms with Crippen molar-refractivity contribution in [2.24, 2.45) is 4.99 Å². The van der Waals surface area contributed by atoms with Gasteiger partial charge in [-0.2, -0.15) is 0 Å². The van der Waals surface area contributed by atoms with Crippen molar-refractivity contribution in [3.63, 3.8) is 0 Å². The lowest BCUT2D eigenvalue weighted by Crippen LogP contribution is -2.43. The Morgan fingerprint density at radius 1 is 1.45 bits per heavy atom. The number of hydrogen-bond donors (Lipinski definition) is 2. The third-order valence-corrected chi connectivity index (χ3v) is 3.27. The Morgan fingerprint density at radius 2 is 2.15 bits per heavy atom. The molecule has 1 unspecified atom stereocenters. The van der Waals surface area contributed by atoms with Crippen molar-refractivity contribution < 1.29 is 4.74 Å². The highest BCUT2D eigenvalue weighted by molar-refractivity contribution is 14.0. The molecule has 0 aliphatic heterocycles. The van der Waals surface area contributed by atoms with Crippen molar-refractivity contribution in [2.45, 2.75) is 26.4 Å². The summed E-state index contributed by atoms with van der Waals surface area (Å²) in [6.07, 6.45) is 0. The molecule has 0 bridgehead atoms. The molecule has 6 heteroatoms. The number of guanidine groups is 1. The largest absolute Gasteiger partial charge is 0.383 e. The zero-order valence-electron chi connectivity index (χ0n) is 12.4. The molecule has 0 amide bonds. The molecule has 1 aromatic rings. The maximum atomic E-state index is 5.09. The standard InChI is InChI=1S/C14H22BrN3O.HI/c1-10-7-13(15)6-5-12(10)8-17-14(16-3)18-11(2)9-19-4;/h5-7,11H,8-9H2,1-4H3,(H2,16,17,18);1H. The van der Waals surface area contributed by atoms with Crippen LogP contribution in [0.1, 0.15) is 18.1 Å². The first-order chi connectivity index (χ1) is 9.06. The van der Waals surface area contributed by atoms with Crippen LogP contribution in [0.3, 0.4) is 0 Å². The highest BCUT2D eigenvalue weighted by Gasteiger charge is 2.05. The zero-order chi connectivity index (χ0) is 14.3. The summed E-state index contributed by atoms with van der Waals surface area (Å²) in [4.78, 5) is 4.20. The molecule has 0 saturated heterocycles. The van der Waals surface area contributed by atoms with Crippen molar-refractivity contribution >= 4 is 45.9 Å². The summed E-state index contributed by atoms with van der Waals surface area (Å²) >= 11 is 3.47. The average Bonchev–Trinajstić information content (AvgIpc) is 2.36. The first-order valence-corrected chi connectivity index (χ1v) is 7.07. The van der Waals surface area contributed by atoms with Crippen LogP contribution in [-0.4, -0.2) is 32.8 Å². The fourth-order valence-electron chi connectivity index (χ4n) is 1.76. The average molecular weight is 456 g/mol. The summed E-state index contributed by atoms with van der Waals surface area (Å²) in [5.41, 5.74) is 2.51. The summed E-state index contributed by atoms with van der Waals surface area (Å²) in [6, 6.07) is 6.49. The summed E-state index contributed by atoms with van der Waals surface area (Å²) < 4.78 is 6.20. The lowest BCUT2D eigenvalue weighted by Gasteiger charge is -2.17. The van der Waals surface area contributed by atoms with E-state index in [1.54, 1.807) is 14.2 Å². The van der Waals surface area contributed by atoms with Crippen LogP contribution in [-0.2, 0) is 11.3 Å². The topological polar surface area (TPSA) is 45.7 Å². The van der Waals surface area contributed by atoms with Crippen LogP contribution in [0.5, 0.6) is 0 Å². The summed E-state index contributed by atoms with van der Waals surface area (Å²) in [7, 11) is 3.46.